The van der Waals surface area contributed by atoms with Crippen molar-refractivity contribution in [3.05, 3.63) is 35.7 Å². The molecule has 22 heavy (non-hydrogen) atoms. The molecule has 0 radical (unpaired) electrons. The molecule has 1 fully saturated rings. The fraction of sp³-hybridized carbons (Fsp3) is 0.500. The maximum absolute atomic E-state index is 5.62. The van der Waals surface area contributed by atoms with Gasteiger partial charge in [0.15, 0.2) is 0 Å². The van der Waals surface area contributed by atoms with Crippen molar-refractivity contribution >= 4 is 0 Å². The molecular weight excluding hydrogens is 280 g/mol. The number of ether oxygens (including phenoxy) is 1. The van der Waals surface area contributed by atoms with Crippen LogP contribution in [0.2, 0.25) is 0 Å². The minimum absolute atomic E-state index is 0.0320. The van der Waals surface area contributed by atoms with Gasteiger partial charge in [0, 0.05) is 18.7 Å². The van der Waals surface area contributed by atoms with Crippen molar-refractivity contribution in [1.82, 2.24) is 20.4 Å². The fourth-order valence-corrected chi connectivity index (χ4v) is 2.61. The van der Waals surface area contributed by atoms with Gasteiger partial charge in [0.25, 0.3) is 0 Å². The van der Waals surface area contributed by atoms with Gasteiger partial charge in [0.2, 0.25) is 11.7 Å². The van der Waals surface area contributed by atoms with Gasteiger partial charge in [-0.1, -0.05) is 29.4 Å². The SMILES string of the molecule is C[C@H]1OCCN[C@@H]1c1nc(-c2ccc(CN(C)C)cc2)no1. The molecule has 2 heterocycles. The third-order valence-corrected chi connectivity index (χ3v) is 3.74. The molecule has 1 aromatic carbocycles. The lowest BCUT2D eigenvalue weighted by Gasteiger charge is -2.27. The minimum atomic E-state index is -0.0389. The third-order valence-electron chi connectivity index (χ3n) is 3.74. The van der Waals surface area contributed by atoms with Crippen LogP contribution >= 0.6 is 0 Å². The lowest BCUT2D eigenvalue weighted by atomic mass is 10.1. The first-order valence-electron chi connectivity index (χ1n) is 7.56. The smallest absolute Gasteiger partial charge is 0.246 e. The Bertz CT molecular complexity index is 609. The Morgan fingerprint density at radius 2 is 2.05 bits per heavy atom. The zero-order valence-electron chi connectivity index (χ0n) is 13.2. The van der Waals surface area contributed by atoms with Crippen LogP contribution in [0.5, 0.6) is 0 Å². The van der Waals surface area contributed by atoms with Gasteiger partial charge in [-0.05, 0) is 26.6 Å². The molecule has 2 aromatic rings. The van der Waals surface area contributed by atoms with E-state index in [1.165, 1.54) is 5.56 Å². The fourth-order valence-electron chi connectivity index (χ4n) is 2.61. The summed E-state index contributed by atoms with van der Waals surface area (Å²) in [4.78, 5) is 6.65. The summed E-state index contributed by atoms with van der Waals surface area (Å²) in [7, 11) is 4.11. The number of benzene rings is 1. The largest absolute Gasteiger partial charge is 0.375 e. The lowest BCUT2D eigenvalue weighted by molar-refractivity contribution is -0.00136. The van der Waals surface area contributed by atoms with Crippen molar-refractivity contribution in [3.63, 3.8) is 0 Å². The summed E-state index contributed by atoms with van der Waals surface area (Å²) in [6, 6.07) is 8.21. The van der Waals surface area contributed by atoms with Crippen LogP contribution in [0.1, 0.15) is 24.4 Å². The van der Waals surface area contributed by atoms with Gasteiger partial charge < -0.3 is 19.5 Å². The first-order valence-corrected chi connectivity index (χ1v) is 7.56. The van der Waals surface area contributed by atoms with E-state index in [9.17, 15) is 0 Å². The third kappa shape index (κ3) is 3.35. The lowest BCUT2D eigenvalue weighted by Crippen LogP contribution is -2.40. The maximum atomic E-state index is 5.62. The van der Waals surface area contributed by atoms with Gasteiger partial charge in [0.05, 0.1) is 12.7 Å². The van der Waals surface area contributed by atoms with E-state index >= 15 is 0 Å². The average Bonchev–Trinajstić information content (AvgIpc) is 2.97. The van der Waals surface area contributed by atoms with E-state index in [0.29, 0.717) is 18.3 Å². The number of nitrogens with one attached hydrogen (secondary N) is 1. The summed E-state index contributed by atoms with van der Waals surface area (Å²) in [6.07, 6.45) is 0.0320. The second-order valence-electron chi connectivity index (χ2n) is 5.90. The van der Waals surface area contributed by atoms with E-state index in [2.05, 4.69) is 46.6 Å². The Balaban J connectivity index is 1.75. The highest BCUT2D eigenvalue weighted by Gasteiger charge is 2.28. The Morgan fingerprint density at radius 1 is 1.27 bits per heavy atom. The molecule has 1 aliphatic rings. The number of nitrogens with zero attached hydrogens (tertiary/aromatic N) is 3. The Morgan fingerprint density at radius 3 is 2.73 bits per heavy atom. The molecule has 0 saturated carbocycles. The molecule has 1 saturated heterocycles. The molecule has 2 atom stereocenters. The van der Waals surface area contributed by atoms with Gasteiger partial charge in [0.1, 0.15) is 6.04 Å². The Hall–Kier alpha value is -1.76. The van der Waals surface area contributed by atoms with E-state index < -0.39 is 0 Å². The second kappa shape index (κ2) is 6.56. The molecule has 0 amide bonds. The van der Waals surface area contributed by atoms with Crippen molar-refractivity contribution in [2.75, 3.05) is 27.2 Å². The van der Waals surface area contributed by atoms with E-state index in [-0.39, 0.29) is 12.1 Å². The van der Waals surface area contributed by atoms with Crippen LogP contribution in [0, 0.1) is 0 Å². The zero-order valence-corrected chi connectivity index (χ0v) is 13.2. The van der Waals surface area contributed by atoms with Crippen LogP contribution in [0.15, 0.2) is 28.8 Å². The van der Waals surface area contributed by atoms with Crippen LogP contribution in [0.4, 0.5) is 0 Å². The number of hydrogen-bond acceptors (Lipinski definition) is 6. The summed E-state index contributed by atoms with van der Waals surface area (Å²) in [5, 5.41) is 7.45. The van der Waals surface area contributed by atoms with Gasteiger partial charge in [-0.15, -0.1) is 0 Å². The van der Waals surface area contributed by atoms with Crippen LogP contribution in [-0.2, 0) is 11.3 Å². The number of rotatable bonds is 4. The molecule has 6 nitrogen and oxygen atoms in total. The second-order valence-corrected chi connectivity index (χ2v) is 5.90. The number of aromatic nitrogens is 2. The molecule has 1 aromatic heterocycles. The van der Waals surface area contributed by atoms with E-state index in [1.807, 2.05) is 19.1 Å². The first kappa shape index (κ1) is 15.1. The highest BCUT2D eigenvalue weighted by Crippen LogP contribution is 2.23. The summed E-state index contributed by atoms with van der Waals surface area (Å²) < 4.78 is 11.0. The van der Waals surface area contributed by atoms with Crippen LogP contribution < -0.4 is 5.32 Å². The average molecular weight is 302 g/mol. The molecule has 1 N–H and O–H groups in total. The quantitative estimate of drug-likeness (QED) is 0.930. The van der Waals surface area contributed by atoms with E-state index in [4.69, 9.17) is 9.26 Å². The van der Waals surface area contributed by atoms with Crippen LogP contribution in [-0.4, -0.2) is 48.4 Å². The normalized spacial score (nSPS) is 22.2. The van der Waals surface area contributed by atoms with E-state index in [1.54, 1.807) is 0 Å². The molecule has 0 aliphatic carbocycles. The van der Waals surface area contributed by atoms with Gasteiger partial charge >= 0.3 is 0 Å². The predicted molar refractivity (Wildman–Crippen MR) is 83.3 cm³/mol. The van der Waals surface area contributed by atoms with Gasteiger partial charge in [-0.2, -0.15) is 4.98 Å². The van der Waals surface area contributed by atoms with Gasteiger partial charge in [-0.25, -0.2) is 0 Å². The molecule has 0 unspecified atom stereocenters. The molecule has 0 spiro atoms. The van der Waals surface area contributed by atoms with E-state index in [0.717, 1.165) is 18.7 Å². The summed E-state index contributed by atoms with van der Waals surface area (Å²) in [6.45, 7) is 4.44. The van der Waals surface area contributed by atoms with Crippen LogP contribution in [0.3, 0.4) is 0 Å². The topological polar surface area (TPSA) is 63.4 Å². The minimum Gasteiger partial charge on any atom is -0.375 e. The standard InChI is InChI=1S/C16H22N4O2/c1-11-14(17-8-9-21-11)16-18-15(19-22-16)13-6-4-12(5-7-13)10-20(2)3/h4-7,11,14,17H,8-10H2,1-3H3/t11-,14+/m1/s1. The van der Waals surface area contributed by atoms with Gasteiger partial charge in [-0.3, -0.25) is 0 Å². The Labute approximate surface area is 130 Å². The van der Waals surface area contributed by atoms with Crippen molar-refractivity contribution in [1.29, 1.82) is 0 Å². The summed E-state index contributed by atoms with van der Waals surface area (Å²) >= 11 is 0. The molecular formula is C16H22N4O2. The summed E-state index contributed by atoms with van der Waals surface area (Å²) in [5.41, 5.74) is 2.22. The molecule has 0 bridgehead atoms. The monoisotopic (exact) mass is 302 g/mol. The Kier molecular flexibility index (Phi) is 4.52. The van der Waals surface area contributed by atoms with Crippen molar-refractivity contribution in [2.24, 2.45) is 0 Å². The van der Waals surface area contributed by atoms with Crippen molar-refractivity contribution < 1.29 is 9.26 Å². The number of morpholine rings is 1. The van der Waals surface area contributed by atoms with Crippen LogP contribution in [0.25, 0.3) is 11.4 Å². The zero-order chi connectivity index (χ0) is 15.5. The first-order chi connectivity index (χ1) is 10.6. The predicted octanol–water partition coefficient (Wildman–Crippen LogP) is 1.85. The molecule has 6 heteroatoms. The van der Waals surface area contributed by atoms with Crippen molar-refractivity contribution in [2.45, 2.75) is 25.6 Å². The maximum Gasteiger partial charge on any atom is 0.246 e. The highest BCUT2D eigenvalue weighted by atomic mass is 16.5. The highest BCUT2D eigenvalue weighted by molar-refractivity contribution is 5.54. The molecule has 3 rings (SSSR count). The molecule has 118 valence electrons. The summed E-state index contributed by atoms with van der Waals surface area (Å²) in [5.74, 6) is 1.20. The molecule has 1 aliphatic heterocycles. The number of hydrogen-bond donors (Lipinski definition) is 1. The van der Waals surface area contributed by atoms with Crippen molar-refractivity contribution in [3.8, 4) is 11.4 Å².